The second-order valence-electron chi connectivity index (χ2n) is 11.2. The van der Waals surface area contributed by atoms with Gasteiger partial charge in [-0.15, -0.1) is 0 Å². The van der Waals surface area contributed by atoms with Gasteiger partial charge in [0.1, 0.15) is 5.69 Å². The predicted molar refractivity (Wildman–Crippen MR) is 133 cm³/mol. The van der Waals surface area contributed by atoms with Gasteiger partial charge in [0.2, 0.25) is 0 Å². The maximum atomic E-state index is 15.9. The molecule has 0 radical (unpaired) electrons. The van der Waals surface area contributed by atoms with Gasteiger partial charge in [-0.1, -0.05) is 36.4 Å². The second-order valence-corrected chi connectivity index (χ2v) is 11.2. The molecule has 0 bridgehead atoms. The van der Waals surface area contributed by atoms with Gasteiger partial charge in [0.05, 0.1) is 23.0 Å². The molecule has 1 spiro atoms. The Kier molecular flexibility index (Phi) is 4.89. The molecule has 8 nitrogen and oxygen atoms in total. The van der Waals surface area contributed by atoms with Crippen molar-refractivity contribution in [2.45, 2.75) is 63.4 Å². The second kappa shape index (κ2) is 7.70. The monoisotopic (exact) mass is 489 g/mol. The van der Waals surface area contributed by atoms with Crippen LogP contribution in [-0.4, -0.2) is 42.6 Å². The van der Waals surface area contributed by atoms with Crippen LogP contribution in [0.4, 0.5) is 4.39 Å². The highest BCUT2D eigenvalue weighted by atomic mass is 19.1. The van der Waals surface area contributed by atoms with Gasteiger partial charge in [0, 0.05) is 16.8 Å². The van der Waals surface area contributed by atoms with E-state index in [1.54, 1.807) is 42.8 Å². The number of H-pyrrole nitrogens is 1. The summed E-state index contributed by atoms with van der Waals surface area (Å²) in [4.78, 5) is 25.2. The van der Waals surface area contributed by atoms with E-state index in [-0.39, 0.29) is 29.5 Å². The highest BCUT2D eigenvalue weighted by Crippen LogP contribution is 2.65. The molecule has 2 saturated carbocycles. The van der Waals surface area contributed by atoms with E-state index in [0.29, 0.717) is 47.8 Å². The minimum atomic E-state index is -1.59. The van der Waals surface area contributed by atoms with Crippen LogP contribution in [0.3, 0.4) is 0 Å². The lowest BCUT2D eigenvalue weighted by atomic mass is 9.48. The van der Waals surface area contributed by atoms with Gasteiger partial charge in [-0.3, -0.25) is 14.3 Å². The fourth-order valence-electron chi connectivity index (χ4n) is 6.17. The van der Waals surface area contributed by atoms with Crippen LogP contribution in [0.5, 0.6) is 0 Å². The average Bonchev–Trinajstić information content (AvgIpc) is 3.14. The first-order chi connectivity index (χ1) is 17.1. The Labute approximate surface area is 206 Å². The van der Waals surface area contributed by atoms with E-state index >= 15 is 4.39 Å². The van der Waals surface area contributed by atoms with E-state index in [0.717, 1.165) is 10.9 Å². The molecule has 6 rings (SSSR count). The van der Waals surface area contributed by atoms with Crippen LogP contribution in [-0.2, 0) is 12.2 Å². The third kappa shape index (κ3) is 3.69. The molecule has 2 aliphatic carbocycles. The standard InChI is InChI=1S/C27H28FN5O3/c1-25(2,36)15-33-20-10-6-5-9-19(20)21(32-33)24(35)29-16-11-26(12-16)13-27(28,14-26)22-17-7-3-4-8-18(17)23(34)31-30-22/h3-10,16,36H,11-15H2,1-2H3,(H,29,35)(H,31,34). The van der Waals surface area contributed by atoms with Gasteiger partial charge < -0.3 is 10.4 Å². The first kappa shape index (κ1) is 22.8. The Hall–Kier alpha value is -3.59. The van der Waals surface area contributed by atoms with Crippen LogP contribution in [0.1, 0.15) is 55.7 Å². The highest BCUT2D eigenvalue weighted by Gasteiger charge is 2.63. The molecular weight excluding hydrogens is 461 g/mol. The summed E-state index contributed by atoms with van der Waals surface area (Å²) in [6.07, 6.45) is 2.01. The largest absolute Gasteiger partial charge is 0.389 e. The quantitative estimate of drug-likeness (QED) is 0.397. The summed E-state index contributed by atoms with van der Waals surface area (Å²) in [5, 5.41) is 26.1. The van der Waals surface area contributed by atoms with E-state index < -0.39 is 11.3 Å². The smallest absolute Gasteiger partial charge is 0.272 e. The molecule has 9 heteroatoms. The van der Waals surface area contributed by atoms with Gasteiger partial charge in [-0.05, 0) is 57.1 Å². The minimum Gasteiger partial charge on any atom is -0.389 e. The van der Waals surface area contributed by atoms with Crippen LogP contribution >= 0.6 is 0 Å². The Morgan fingerprint density at radius 3 is 2.47 bits per heavy atom. The molecule has 2 aromatic heterocycles. The molecule has 2 aliphatic rings. The zero-order valence-corrected chi connectivity index (χ0v) is 20.2. The van der Waals surface area contributed by atoms with Crippen molar-refractivity contribution >= 4 is 27.6 Å². The van der Waals surface area contributed by atoms with Crippen LogP contribution in [0.2, 0.25) is 0 Å². The van der Waals surface area contributed by atoms with Crippen molar-refractivity contribution in [3.05, 3.63) is 70.3 Å². The van der Waals surface area contributed by atoms with Crippen LogP contribution in [0.15, 0.2) is 53.3 Å². The van der Waals surface area contributed by atoms with Gasteiger partial charge >= 0.3 is 0 Å². The Balaban J connectivity index is 1.15. The van der Waals surface area contributed by atoms with Crippen molar-refractivity contribution < 1.29 is 14.3 Å². The number of rotatable bonds is 5. The summed E-state index contributed by atoms with van der Waals surface area (Å²) < 4.78 is 17.5. The number of aromatic nitrogens is 4. The third-order valence-corrected chi connectivity index (χ3v) is 7.53. The lowest BCUT2D eigenvalue weighted by Crippen LogP contribution is -2.60. The molecule has 0 aliphatic heterocycles. The van der Waals surface area contributed by atoms with Gasteiger partial charge in [-0.2, -0.15) is 10.2 Å². The van der Waals surface area contributed by atoms with Crippen molar-refractivity contribution in [1.82, 2.24) is 25.3 Å². The molecule has 1 amide bonds. The lowest BCUT2D eigenvalue weighted by molar-refractivity contribution is -0.132. The minimum absolute atomic E-state index is 0.0551. The maximum absolute atomic E-state index is 15.9. The number of amides is 1. The van der Waals surface area contributed by atoms with E-state index in [1.165, 1.54) is 0 Å². The third-order valence-electron chi connectivity index (χ3n) is 7.53. The zero-order valence-electron chi connectivity index (χ0n) is 20.2. The van der Waals surface area contributed by atoms with Gasteiger partial charge in [0.15, 0.2) is 11.4 Å². The maximum Gasteiger partial charge on any atom is 0.272 e. The molecular formula is C27H28FN5O3. The molecule has 2 fully saturated rings. The van der Waals surface area contributed by atoms with E-state index in [2.05, 4.69) is 20.6 Å². The Morgan fingerprint density at radius 1 is 1.14 bits per heavy atom. The molecule has 3 N–H and O–H groups in total. The number of aliphatic hydroxyl groups is 1. The number of benzene rings is 2. The molecule has 186 valence electrons. The highest BCUT2D eigenvalue weighted by molar-refractivity contribution is 6.05. The molecule has 36 heavy (non-hydrogen) atoms. The molecule has 2 aromatic carbocycles. The molecule has 0 unspecified atom stereocenters. The topological polar surface area (TPSA) is 113 Å². The number of hydrogen-bond acceptors (Lipinski definition) is 5. The summed E-state index contributed by atoms with van der Waals surface area (Å²) in [5.41, 5.74) is -1.66. The summed E-state index contributed by atoms with van der Waals surface area (Å²) in [5.74, 6) is -0.264. The first-order valence-electron chi connectivity index (χ1n) is 12.2. The number of carbonyl (C=O) groups excluding carboxylic acids is 1. The van der Waals surface area contributed by atoms with Crippen LogP contribution < -0.4 is 10.9 Å². The number of nitrogens with zero attached hydrogens (tertiary/aromatic N) is 3. The summed E-state index contributed by atoms with van der Waals surface area (Å²) in [6.45, 7) is 3.66. The number of nitrogens with one attached hydrogen (secondary N) is 2. The lowest BCUT2D eigenvalue weighted by Gasteiger charge is -2.60. The van der Waals surface area contributed by atoms with E-state index in [1.807, 2.05) is 24.3 Å². The fraction of sp³-hybridized carbons (Fsp3) is 0.407. The first-order valence-corrected chi connectivity index (χ1v) is 12.2. The SMILES string of the molecule is CC(C)(O)Cn1nc(C(=O)NC2CC3(C2)CC(F)(c2n[nH]c(=O)c4ccccc24)C3)c2ccccc21. The van der Waals surface area contributed by atoms with Crippen molar-refractivity contribution in [3.8, 4) is 0 Å². The average molecular weight is 490 g/mol. The van der Waals surface area contributed by atoms with Crippen molar-refractivity contribution in [3.63, 3.8) is 0 Å². The number of alkyl halides is 1. The van der Waals surface area contributed by atoms with Crippen molar-refractivity contribution in [2.24, 2.45) is 5.41 Å². The number of para-hydroxylation sites is 1. The molecule has 0 saturated heterocycles. The number of aromatic amines is 1. The Morgan fingerprint density at radius 2 is 1.78 bits per heavy atom. The normalized spacial score (nSPS) is 25.6. The fourth-order valence-corrected chi connectivity index (χ4v) is 6.17. The summed E-state index contributed by atoms with van der Waals surface area (Å²) in [6, 6.07) is 14.4. The molecule has 2 heterocycles. The number of hydrogen-bond donors (Lipinski definition) is 3. The van der Waals surface area contributed by atoms with Gasteiger partial charge in [-0.25, -0.2) is 9.49 Å². The summed E-state index contributed by atoms with van der Waals surface area (Å²) in [7, 11) is 0. The van der Waals surface area contributed by atoms with Crippen LogP contribution in [0, 0.1) is 5.41 Å². The van der Waals surface area contributed by atoms with E-state index in [4.69, 9.17) is 0 Å². The molecule has 4 aromatic rings. The zero-order chi connectivity index (χ0) is 25.3. The van der Waals surface area contributed by atoms with Crippen molar-refractivity contribution in [1.29, 1.82) is 0 Å². The number of fused-ring (bicyclic) bond motifs is 2. The van der Waals surface area contributed by atoms with E-state index in [9.17, 15) is 14.7 Å². The predicted octanol–water partition coefficient (Wildman–Crippen LogP) is 3.58. The summed E-state index contributed by atoms with van der Waals surface area (Å²) >= 11 is 0. The van der Waals surface area contributed by atoms with Gasteiger partial charge in [0.25, 0.3) is 11.5 Å². The van der Waals surface area contributed by atoms with Crippen LogP contribution in [0.25, 0.3) is 21.7 Å². The number of halogens is 1. The molecule has 0 atom stereocenters. The van der Waals surface area contributed by atoms with Crippen molar-refractivity contribution in [2.75, 3.05) is 0 Å². The number of carbonyl (C=O) groups is 1. The Bertz CT molecular complexity index is 1550.